The number of benzene rings is 1. The van der Waals surface area contributed by atoms with Crippen LogP contribution in [-0.2, 0) is 4.79 Å². The van der Waals surface area contributed by atoms with Gasteiger partial charge in [0.1, 0.15) is 0 Å². The molecule has 1 atom stereocenters. The highest BCUT2D eigenvalue weighted by molar-refractivity contribution is 6.01. The van der Waals surface area contributed by atoms with Crippen molar-refractivity contribution in [3.8, 4) is 0 Å². The molecule has 5 nitrogen and oxygen atoms in total. The van der Waals surface area contributed by atoms with E-state index in [0.717, 1.165) is 11.1 Å². The second-order valence-corrected chi connectivity index (χ2v) is 5.25. The Balaban J connectivity index is 2.03. The molecule has 0 aromatic heterocycles. The summed E-state index contributed by atoms with van der Waals surface area (Å²) in [5.74, 6) is -0.0503. The summed E-state index contributed by atoms with van der Waals surface area (Å²) in [6.45, 7) is 6.54. The molecule has 0 unspecified atom stereocenters. The van der Waals surface area contributed by atoms with E-state index in [2.05, 4.69) is 17.2 Å². The molecule has 0 bridgehead atoms. The molecule has 1 aromatic carbocycles. The lowest BCUT2D eigenvalue weighted by Crippen LogP contribution is -2.44. The molecule has 2 heterocycles. The molecule has 3 rings (SSSR count). The standard InChI is InChI=1S/C16H17N3O2/c1-3-8-19-9-12-13(15(19)20)14(18-16(21)17-12)11-7-5-4-6-10(11)2/h3-7,14H,1,8-9H2,2H3,(H2,17,18,21)/t14-/m0/s1. The summed E-state index contributed by atoms with van der Waals surface area (Å²) in [4.78, 5) is 26.1. The molecule has 2 aliphatic rings. The van der Waals surface area contributed by atoms with Gasteiger partial charge in [0.2, 0.25) is 0 Å². The lowest BCUT2D eigenvalue weighted by Gasteiger charge is -2.26. The van der Waals surface area contributed by atoms with E-state index in [1.807, 2.05) is 31.2 Å². The van der Waals surface area contributed by atoms with Gasteiger partial charge < -0.3 is 15.5 Å². The molecule has 0 spiro atoms. The second-order valence-electron chi connectivity index (χ2n) is 5.25. The van der Waals surface area contributed by atoms with E-state index in [4.69, 9.17) is 0 Å². The Hall–Kier alpha value is -2.56. The summed E-state index contributed by atoms with van der Waals surface area (Å²) in [5, 5.41) is 5.61. The quantitative estimate of drug-likeness (QED) is 0.828. The summed E-state index contributed by atoms with van der Waals surface area (Å²) in [6, 6.07) is 7.12. The highest BCUT2D eigenvalue weighted by atomic mass is 16.2. The molecule has 0 fully saturated rings. The third kappa shape index (κ3) is 2.20. The van der Waals surface area contributed by atoms with Gasteiger partial charge in [-0.05, 0) is 18.1 Å². The van der Waals surface area contributed by atoms with Crippen LogP contribution in [0.3, 0.4) is 0 Å². The number of aryl methyl sites for hydroxylation is 1. The van der Waals surface area contributed by atoms with Gasteiger partial charge in [0.15, 0.2) is 0 Å². The largest absolute Gasteiger partial charge is 0.329 e. The smallest absolute Gasteiger partial charge is 0.319 e. The molecule has 3 amide bonds. The minimum Gasteiger partial charge on any atom is -0.329 e. The Labute approximate surface area is 123 Å². The summed E-state index contributed by atoms with van der Waals surface area (Å²) in [6.07, 6.45) is 1.69. The first-order valence-electron chi connectivity index (χ1n) is 6.88. The number of carbonyl (C=O) groups is 2. The number of carbonyl (C=O) groups excluding carboxylic acids is 2. The fourth-order valence-corrected chi connectivity index (χ4v) is 2.88. The van der Waals surface area contributed by atoms with E-state index in [1.54, 1.807) is 11.0 Å². The van der Waals surface area contributed by atoms with Crippen molar-refractivity contribution in [1.82, 2.24) is 15.5 Å². The van der Waals surface area contributed by atoms with Gasteiger partial charge in [-0.25, -0.2) is 4.79 Å². The van der Waals surface area contributed by atoms with Crippen LogP contribution in [0.5, 0.6) is 0 Å². The molecule has 0 radical (unpaired) electrons. The highest BCUT2D eigenvalue weighted by Crippen LogP contribution is 2.33. The Morgan fingerprint density at radius 1 is 1.38 bits per heavy atom. The van der Waals surface area contributed by atoms with Crippen LogP contribution in [-0.4, -0.2) is 29.9 Å². The van der Waals surface area contributed by atoms with E-state index in [9.17, 15) is 9.59 Å². The maximum Gasteiger partial charge on any atom is 0.319 e. The summed E-state index contributed by atoms with van der Waals surface area (Å²) < 4.78 is 0. The van der Waals surface area contributed by atoms with Gasteiger partial charge in [0, 0.05) is 6.54 Å². The van der Waals surface area contributed by atoms with E-state index < -0.39 is 6.04 Å². The first-order valence-corrected chi connectivity index (χ1v) is 6.88. The highest BCUT2D eigenvalue weighted by Gasteiger charge is 2.40. The Morgan fingerprint density at radius 3 is 2.86 bits per heavy atom. The normalized spacial score (nSPS) is 21.0. The molecule has 108 valence electrons. The lowest BCUT2D eigenvalue weighted by molar-refractivity contribution is -0.125. The van der Waals surface area contributed by atoms with Gasteiger partial charge >= 0.3 is 6.03 Å². The molecule has 5 heteroatoms. The summed E-state index contributed by atoms with van der Waals surface area (Å²) in [5.41, 5.74) is 3.32. The van der Waals surface area contributed by atoms with Crippen molar-refractivity contribution in [3.63, 3.8) is 0 Å². The van der Waals surface area contributed by atoms with Crippen molar-refractivity contribution in [2.24, 2.45) is 0 Å². The molecule has 0 saturated carbocycles. The predicted octanol–water partition coefficient (Wildman–Crippen LogP) is 1.63. The third-order valence-electron chi connectivity index (χ3n) is 3.87. The van der Waals surface area contributed by atoms with Crippen LogP contribution >= 0.6 is 0 Å². The zero-order valence-electron chi connectivity index (χ0n) is 11.8. The number of nitrogens with one attached hydrogen (secondary N) is 2. The van der Waals surface area contributed by atoms with Gasteiger partial charge in [0.05, 0.1) is 23.9 Å². The molecular formula is C16H17N3O2. The maximum atomic E-state index is 12.6. The van der Waals surface area contributed by atoms with Crippen molar-refractivity contribution < 1.29 is 9.59 Å². The zero-order chi connectivity index (χ0) is 15.0. The van der Waals surface area contributed by atoms with Gasteiger partial charge in [-0.3, -0.25) is 4.79 Å². The minimum atomic E-state index is -0.391. The van der Waals surface area contributed by atoms with Crippen LogP contribution in [0.25, 0.3) is 0 Å². The Morgan fingerprint density at radius 2 is 2.14 bits per heavy atom. The molecule has 0 aliphatic carbocycles. The molecule has 21 heavy (non-hydrogen) atoms. The van der Waals surface area contributed by atoms with E-state index in [1.165, 1.54) is 0 Å². The van der Waals surface area contributed by atoms with Crippen molar-refractivity contribution in [2.45, 2.75) is 13.0 Å². The number of urea groups is 1. The predicted molar refractivity (Wildman–Crippen MR) is 79.4 cm³/mol. The maximum absolute atomic E-state index is 12.6. The number of nitrogens with zero attached hydrogens (tertiary/aromatic N) is 1. The van der Waals surface area contributed by atoms with E-state index >= 15 is 0 Å². The molecule has 2 aliphatic heterocycles. The first kappa shape index (κ1) is 13.4. The van der Waals surface area contributed by atoms with Crippen molar-refractivity contribution >= 4 is 11.9 Å². The number of amides is 3. The van der Waals surface area contributed by atoms with Crippen molar-refractivity contribution in [1.29, 1.82) is 0 Å². The SMILES string of the molecule is C=CCN1CC2=C(C1=O)[C@H](c1ccccc1C)NC(=O)N2. The van der Waals surface area contributed by atoms with Gasteiger partial charge in [-0.15, -0.1) is 6.58 Å². The van der Waals surface area contributed by atoms with E-state index in [-0.39, 0.29) is 11.9 Å². The van der Waals surface area contributed by atoms with Crippen molar-refractivity contribution in [2.75, 3.05) is 13.1 Å². The van der Waals surface area contributed by atoms with Gasteiger partial charge in [0.25, 0.3) is 5.91 Å². The third-order valence-corrected chi connectivity index (χ3v) is 3.87. The first-order chi connectivity index (χ1) is 10.1. The van der Waals surface area contributed by atoms with Crippen LogP contribution in [0.15, 0.2) is 48.2 Å². The lowest BCUT2D eigenvalue weighted by atomic mass is 9.93. The molecule has 0 saturated heterocycles. The average molecular weight is 283 g/mol. The van der Waals surface area contributed by atoms with Crippen LogP contribution in [0.4, 0.5) is 4.79 Å². The summed E-state index contributed by atoms with van der Waals surface area (Å²) >= 11 is 0. The van der Waals surface area contributed by atoms with Crippen LogP contribution < -0.4 is 10.6 Å². The second kappa shape index (κ2) is 5.09. The topological polar surface area (TPSA) is 61.4 Å². The monoisotopic (exact) mass is 283 g/mol. The van der Waals surface area contributed by atoms with E-state index in [0.29, 0.717) is 24.4 Å². The molecular weight excluding hydrogens is 266 g/mol. The fourth-order valence-electron chi connectivity index (χ4n) is 2.88. The van der Waals surface area contributed by atoms with Crippen LogP contribution in [0, 0.1) is 6.92 Å². The number of hydrogen-bond donors (Lipinski definition) is 2. The zero-order valence-corrected chi connectivity index (χ0v) is 11.8. The number of rotatable bonds is 3. The summed E-state index contributed by atoms with van der Waals surface area (Å²) in [7, 11) is 0. The van der Waals surface area contributed by atoms with Gasteiger partial charge in [-0.2, -0.15) is 0 Å². The van der Waals surface area contributed by atoms with Crippen molar-refractivity contribution in [3.05, 3.63) is 59.3 Å². The van der Waals surface area contributed by atoms with Crippen LogP contribution in [0.1, 0.15) is 17.2 Å². The van der Waals surface area contributed by atoms with Gasteiger partial charge in [-0.1, -0.05) is 30.3 Å². The average Bonchev–Trinajstić information content (AvgIpc) is 2.75. The Kier molecular flexibility index (Phi) is 3.25. The molecule has 2 N–H and O–H groups in total. The number of hydrogen-bond acceptors (Lipinski definition) is 2. The van der Waals surface area contributed by atoms with Crippen LogP contribution in [0.2, 0.25) is 0 Å². The molecule has 1 aromatic rings. The minimum absolute atomic E-state index is 0.0503. The fraction of sp³-hybridized carbons (Fsp3) is 0.250. The Bertz CT molecular complexity index is 663.